The van der Waals surface area contributed by atoms with Gasteiger partial charge in [-0.3, -0.25) is 4.79 Å². The third-order valence-corrected chi connectivity index (χ3v) is 4.30. The summed E-state index contributed by atoms with van der Waals surface area (Å²) in [5.74, 6) is -0.143. The molecule has 2 aromatic rings. The number of nitrogens with one attached hydrogen (secondary N) is 2. The Morgan fingerprint density at radius 2 is 1.79 bits per heavy atom. The van der Waals surface area contributed by atoms with E-state index in [0.29, 0.717) is 22.2 Å². The van der Waals surface area contributed by atoms with E-state index in [1.807, 2.05) is 31.2 Å². The predicted octanol–water partition coefficient (Wildman–Crippen LogP) is 4.17. The van der Waals surface area contributed by atoms with E-state index in [4.69, 9.17) is 23.2 Å². The van der Waals surface area contributed by atoms with Crippen molar-refractivity contribution in [3.63, 3.8) is 0 Å². The van der Waals surface area contributed by atoms with Crippen LogP contribution in [-0.2, 0) is 11.2 Å². The summed E-state index contributed by atoms with van der Waals surface area (Å²) in [5, 5.41) is 16.2. The van der Waals surface area contributed by atoms with Gasteiger partial charge in [0, 0.05) is 5.69 Å². The van der Waals surface area contributed by atoms with Gasteiger partial charge in [-0.05, 0) is 30.2 Å². The van der Waals surface area contributed by atoms with Crippen molar-refractivity contribution in [1.82, 2.24) is 5.32 Å². The van der Waals surface area contributed by atoms with Crippen LogP contribution < -0.4 is 10.6 Å². The van der Waals surface area contributed by atoms with Crippen molar-refractivity contribution in [3.8, 4) is 0 Å². The SMILES string of the molecule is CC[C@H](CO)NC(=O)Cc1ccccc1Nc1c(Cl)cccc1Cl. The standard InChI is InChI=1S/C18H20Cl2N2O2/c1-2-13(11-23)21-17(24)10-12-6-3-4-9-16(12)22-18-14(19)7-5-8-15(18)20/h3-9,13,22-23H,2,10-11H2,1H3,(H,21,24)/t13-/m1/s1. The summed E-state index contributed by atoms with van der Waals surface area (Å²) in [7, 11) is 0. The number of aliphatic hydroxyl groups excluding tert-OH is 1. The van der Waals surface area contributed by atoms with E-state index in [9.17, 15) is 9.90 Å². The summed E-state index contributed by atoms with van der Waals surface area (Å²) < 4.78 is 0. The normalized spacial score (nSPS) is 11.8. The summed E-state index contributed by atoms with van der Waals surface area (Å²) in [6.07, 6.45) is 0.874. The Morgan fingerprint density at radius 1 is 1.12 bits per heavy atom. The largest absolute Gasteiger partial charge is 0.394 e. The number of carbonyl (C=O) groups is 1. The van der Waals surface area contributed by atoms with Crippen LogP contribution in [0.1, 0.15) is 18.9 Å². The topological polar surface area (TPSA) is 61.4 Å². The fourth-order valence-electron chi connectivity index (χ4n) is 2.28. The summed E-state index contributed by atoms with van der Waals surface area (Å²) >= 11 is 12.4. The summed E-state index contributed by atoms with van der Waals surface area (Å²) in [5.41, 5.74) is 2.19. The minimum atomic E-state index is -0.226. The zero-order valence-corrected chi connectivity index (χ0v) is 14.9. The molecule has 2 rings (SSSR count). The molecule has 0 saturated carbocycles. The summed E-state index contributed by atoms with van der Waals surface area (Å²) in [6, 6.07) is 12.5. The molecule has 0 aliphatic carbocycles. The molecule has 0 saturated heterocycles. The minimum absolute atomic E-state index is 0.0721. The van der Waals surface area contributed by atoms with Crippen LogP contribution in [0.4, 0.5) is 11.4 Å². The quantitative estimate of drug-likeness (QED) is 0.689. The Balaban J connectivity index is 2.17. The lowest BCUT2D eigenvalue weighted by Gasteiger charge is -2.16. The highest BCUT2D eigenvalue weighted by molar-refractivity contribution is 6.39. The molecular formula is C18H20Cl2N2O2. The third kappa shape index (κ3) is 4.87. The molecule has 0 fully saturated rings. The van der Waals surface area contributed by atoms with Crippen LogP contribution in [0, 0.1) is 0 Å². The maximum atomic E-state index is 12.2. The monoisotopic (exact) mass is 366 g/mol. The van der Waals surface area contributed by atoms with Crippen LogP contribution >= 0.6 is 23.2 Å². The van der Waals surface area contributed by atoms with Crippen molar-refractivity contribution < 1.29 is 9.90 Å². The van der Waals surface area contributed by atoms with Crippen LogP contribution in [-0.4, -0.2) is 23.7 Å². The molecule has 1 amide bonds. The second-order valence-electron chi connectivity index (χ2n) is 5.41. The van der Waals surface area contributed by atoms with E-state index in [1.54, 1.807) is 18.2 Å². The molecule has 0 bridgehead atoms. The molecule has 0 aliphatic heterocycles. The first-order chi connectivity index (χ1) is 11.5. The Kier molecular flexibility index (Phi) is 6.91. The molecule has 0 heterocycles. The van der Waals surface area contributed by atoms with E-state index in [-0.39, 0.29) is 25.0 Å². The number of halogens is 2. The van der Waals surface area contributed by atoms with Gasteiger partial charge in [0.05, 0.1) is 34.8 Å². The lowest BCUT2D eigenvalue weighted by molar-refractivity contribution is -0.121. The molecule has 0 spiro atoms. The molecule has 3 N–H and O–H groups in total. The molecule has 2 aromatic carbocycles. The van der Waals surface area contributed by atoms with Crippen molar-refractivity contribution in [2.24, 2.45) is 0 Å². The van der Waals surface area contributed by atoms with Gasteiger partial charge >= 0.3 is 0 Å². The number of amides is 1. The number of rotatable bonds is 7. The average molecular weight is 367 g/mol. The number of hydrogen-bond donors (Lipinski definition) is 3. The van der Waals surface area contributed by atoms with E-state index in [2.05, 4.69) is 10.6 Å². The Bertz CT molecular complexity index is 683. The van der Waals surface area contributed by atoms with Crippen LogP contribution in [0.3, 0.4) is 0 Å². The van der Waals surface area contributed by atoms with Gasteiger partial charge in [-0.25, -0.2) is 0 Å². The molecule has 1 atom stereocenters. The molecule has 4 nitrogen and oxygen atoms in total. The van der Waals surface area contributed by atoms with Gasteiger partial charge in [0.15, 0.2) is 0 Å². The predicted molar refractivity (Wildman–Crippen MR) is 99.2 cm³/mol. The maximum Gasteiger partial charge on any atom is 0.224 e. The van der Waals surface area contributed by atoms with Crippen LogP contribution in [0.15, 0.2) is 42.5 Å². The lowest BCUT2D eigenvalue weighted by Crippen LogP contribution is -2.37. The first-order valence-electron chi connectivity index (χ1n) is 7.74. The first kappa shape index (κ1) is 18.6. The van der Waals surface area contributed by atoms with Crippen molar-refractivity contribution in [2.75, 3.05) is 11.9 Å². The van der Waals surface area contributed by atoms with E-state index in [1.165, 1.54) is 0 Å². The number of para-hydroxylation sites is 2. The second-order valence-corrected chi connectivity index (χ2v) is 6.23. The highest BCUT2D eigenvalue weighted by Crippen LogP contribution is 2.33. The van der Waals surface area contributed by atoms with Crippen LogP contribution in [0.25, 0.3) is 0 Å². The molecule has 128 valence electrons. The molecule has 0 radical (unpaired) electrons. The van der Waals surface area contributed by atoms with Gasteiger partial charge in [0.1, 0.15) is 0 Å². The second kappa shape index (κ2) is 8.92. The maximum absolute atomic E-state index is 12.2. The van der Waals surface area contributed by atoms with Crippen molar-refractivity contribution in [1.29, 1.82) is 0 Å². The van der Waals surface area contributed by atoms with Gasteiger partial charge in [0.25, 0.3) is 0 Å². The fraction of sp³-hybridized carbons (Fsp3) is 0.278. The van der Waals surface area contributed by atoms with E-state index >= 15 is 0 Å². The number of benzene rings is 2. The Labute approximate surface area is 151 Å². The average Bonchev–Trinajstić information content (AvgIpc) is 2.57. The lowest BCUT2D eigenvalue weighted by atomic mass is 10.1. The third-order valence-electron chi connectivity index (χ3n) is 3.67. The zero-order chi connectivity index (χ0) is 17.5. The fourth-order valence-corrected chi connectivity index (χ4v) is 2.77. The highest BCUT2D eigenvalue weighted by Gasteiger charge is 2.13. The Morgan fingerprint density at radius 3 is 2.42 bits per heavy atom. The molecular weight excluding hydrogens is 347 g/mol. The van der Waals surface area contributed by atoms with Gasteiger partial charge in [-0.15, -0.1) is 0 Å². The van der Waals surface area contributed by atoms with Crippen LogP contribution in [0.2, 0.25) is 10.0 Å². The van der Waals surface area contributed by atoms with Gasteiger partial charge in [0.2, 0.25) is 5.91 Å². The van der Waals surface area contributed by atoms with Crippen molar-refractivity contribution in [2.45, 2.75) is 25.8 Å². The highest BCUT2D eigenvalue weighted by atomic mass is 35.5. The molecule has 24 heavy (non-hydrogen) atoms. The summed E-state index contributed by atoms with van der Waals surface area (Å²) in [4.78, 5) is 12.2. The number of aliphatic hydroxyl groups is 1. The van der Waals surface area contributed by atoms with Gasteiger partial charge < -0.3 is 15.7 Å². The smallest absolute Gasteiger partial charge is 0.224 e. The van der Waals surface area contributed by atoms with Crippen LogP contribution in [0.5, 0.6) is 0 Å². The number of hydrogen-bond acceptors (Lipinski definition) is 3. The van der Waals surface area contributed by atoms with E-state index < -0.39 is 0 Å². The number of anilines is 2. The van der Waals surface area contributed by atoms with Gasteiger partial charge in [-0.1, -0.05) is 54.4 Å². The minimum Gasteiger partial charge on any atom is -0.394 e. The molecule has 0 aromatic heterocycles. The molecule has 0 aliphatic rings. The zero-order valence-electron chi connectivity index (χ0n) is 13.4. The number of carbonyl (C=O) groups excluding carboxylic acids is 1. The van der Waals surface area contributed by atoms with E-state index in [0.717, 1.165) is 11.3 Å². The van der Waals surface area contributed by atoms with Crippen molar-refractivity contribution in [3.05, 3.63) is 58.1 Å². The Hall–Kier alpha value is -1.75. The van der Waals surface area contributed by atoms with Crippen molar-refractivity contribution >= 4 is 40.5 Å². The first-order valence-corrected chi connectivity index (χ1v) is 8.49. The molecule has 0 unspecified atom stereocenters. The summed E-state index contributed by atoms with van der Waals surface area (Å²) in [6.45, 7) is 1.84. The van der Waals surface area contributed by atoms with Gasteiger partial charge in [-0.2, -0.15) is 0 Å². The molecule has 6 heteroatoms.